The highest BCUT2D eigenvalue weighted by Gasteiger charge is 2.23. The van der Waals surface area contributed by atoms with E-state index in [0.717, 1.165) is 5.56 Å². The minimum absolute atomic E-state index is 0.0625. The molecule has 0 atom stereocenters. The molecule has 2 aromatic carbocycles. The van der Waals surface area contributed by atoms with Gasteiger partial charge in [-0.15, -0.1) is 0 Å². The Morgan fingerprint density at radius 2 is 1.56 bits per heavy atom. The highest BCUT2D eigenvalue weighted by Crippen LogP contribution is 2.40. The van der Waals surface area contributed by atoms with Crippen molar-refractivity contribution in [1.29, 1.82) is 0 Å². The van der Waals surface area contributed by atoms with Crippen LogP contribution in [0.5, 0.6) is 0 Å². The van der Waals surface area contributed by atoms with Crippen LogP contribution < -0.4 is 0 Å². The fourth-order valence-corrected chi connectivity index (χ4v) is 3.94. The SMILES string of the molecule is O=C(O)c1cc(-c2ccc(Cl)cc2Cl)c(-c2ccc(Cl)cc2)nc1C(Br)Br. The number of hydrogen-bond acceptors (Lipinski definition) is 2. The Morgan fingerprint density at radius 3 is 2.11 bits per heavy atom. The molecule has 0 fully saturated rings. The molecule has 0 saturated heterocycles. The lowest BCUT2D eigenvalue weighted by Crippen LogP contribution is -2.07. The summed E-state index contributed by atoms with van der Waals surface area (Å²) in [6.45, 7) is 0. The van der Waals surface area contributed by atoms with Crippen molar-refractivity contribution in [2.75, 3.05) is 0 Å². The Labute approximate surface area is 187 Å². The molecular weight excluding hydrogens is 540 g/mol. The molecule has 0 aliphatic carbocycles. The van der Waals surface area contributed by atoms with Crippen LogP contribution in [0.2, 0.25) is 15.1 Å². The molecule has 138 valence electrons. The summed E-state index contributed by atoms with van der Waals surface area (Å²) in [5, 5.41) is 11.1. The summed E-state index contributed by atoms with van der Waals surface area (Å²) in [6.07, 6.45) is 0. The maximum atomic E-state index is 11.8. The number of pyridine rings is 1. The van der Waals surface area contributed by atoms with Gasteiger partial charge in [-0.25, -0.2) is 9.78 Å². The third-order valence-corrected chi connectivity index (χ3v) is 5.50. The van der Waals surface area contributed by atoms with Crippen molar-refractivity contribution in [3.8, 4) is 22.4 Å². The van der Waals surface area contributed by atoms with E-state index in [4.69, 9.17) is 34.8 Å². The first-order valence-electron chi connectivity index (χ1n) is 7.55. The number of rotatable bonds is 4. The summed E-state index contributed by atoms with van der Waals surface area (Å²) in [5.74, 6) is -1.09. The van der Waals surface area contributed by atoms with Gasteiger partial charge in [0.2, 0.25) is 0 Å². The quantitative estimate of drug-likeness (QED) is 0.337. The number of carbonyl (C=O) groups is 1. The zero-order chi connectivity index (χ0) is 19.7. The van der Waals surface area contributed by atoms with Crippen molar-refractivity contribution < 1.29 is 9.90 Å². The van der Waals surface area contributed by atoms with Gasteiger partial charge in [0.15, 0.2) is 0 Å². The van der Waals surface area contributed by atoms with Crippen molar-refractivity contribution >= 4 is 72.6 Å². The summed E-state index contributed by atoms with van der Waals surface area (Å²) in [6, 6.07) is 13.7. The lowest BCUT2D eigenvalue weighted by Gasteiger charge is -2.16. The van der Waals surface area contributed by atoms with Gasteiger partial charge >= 0.3 is 5.97 Å². The molecule has 3 rings (SSSR count). The molecule has 3 nitrogen and oxygen atoms in total. The Kier molecular flexibility index (Phi) is 6.49. The maximum Gasteiger partial charge on any atom is 0.337 e. The molecule has 0 amide bonds. The average molecular weight is 550 g/mol. The highest BCUT2D eigenvalue weighted by atomic mass is 79.9. The number of alkyl halides is 2. The molecule has 3 aromatic rings. The molecule has 0 saturated carbocycles. The van der Waals surface area contributed by atoms with Crippen molar-refractivity contribution in [1.82, 2.24) is 4.98 Å². The molecular formula is C19H10Br2Cl3NO2. The van der Waals surface area contributed by atoms with Gasteiger partial charge in [0, 0.05) is 31.8 Å². The molecule has 0 bridgehead atoms. The van der Waals surface area contributed by atoms with Gasteiger partial charge in [-0.1, -0.05) is 84.9 Å². The minimum Gasteiger partial charge on any atom is -0.478 e. The molecule has 0 unspecified atom stereocenters. The number of benzene rings is 2. The van der Waals surface area contributed by atoms with E-state index in [0.29, 0.717) is 37.6 Å². The van der Waals surface area contributed by atoms with E-state index in [-0.39, 0.29) is 5.56 Å². The summed E-state index contributed by atoms with van der Waals surface area (Å²) < 4.78 is -0.433. The van der Waals surface area contributed by atoms with E-state index >= 15 is 0 Å². The molecule has 0 aliphatic rings. The third kappa shape index (κ3) is 4.49. The summed E-state index contributed by atoms with van der Waals surface area (Å²) in [7, 11) is 0. The number of halogens is 5. The van der Waals surface area contributed by atoms with Crippen LogP contribution in [0, 0.1) is 0 Å². The zero-order valence-corrected chi connectivity index (χ0v) is 18.8. The summed E-state index contributed by atoms with van der Waals surface area (Å²) >= 11 is 25.1. The normalized spacial score (nSPS) is 11.0. The Morgan fingerprint density at radius 1 is 0.926 bits per heavy atom. The molecule has 0 aliphatic heterocycles. The minimum atomic E-state index is -1.09. The molecule has 1 aromatic heterocycles. The largest absolute Gasteiger partial charge is 0.478 e. The van der Waals surface area contributed by atoms with Crippen molar-refractivity contribution in [2.45, 2.75) is 3.74 Å². The molecule has 8 heteroatoms. The predicted octanol–water partition coefficient (Wildman–Crippen LogP) is 7.86. The van der Waals surface area contributed by atoms with Gasteiger partial charge in [-0.2, -0.15) is 0 Å². The summed E-state index contributed by atoms with van der Waals surface area (Å²) in [5.41, 5.74) is 2.99. The van der Waals surface area contributed by atoms with Gasteiger partial charge in [0.25, 0.3) is 0 Å². The third-order valence-electron chi connectivity index (χ3n) is 3.83. The number of nitrogens with zero attached hydrogens (tertiary/aromatic N) is 1. The number of carboxylic acids is 1. The van der Waals surface area contributed by atoms with E-state index in [1.165, 1.54) is 0 Å². The fourth-order valence-electron chi connectivity index (χ4n) is 2.61. The van der Waals surface area contributed by atoms with Crippen molar-refractivity contribution in [2.24, 2.45) is 0 Å². The second-order valence-corrected chi connectivity index (χ2v) is 9.89. The smallest absolute Gasteiger partial charge is 0.337 e. The van der Waals surface area contributed by atoms with Crippen LogP contribution in [0.15, 0.2) is 48.5 Å². The highest BCUT2D eigenvalue weighted by molar-refractivity contribution is 9.24. The van der Waals surface area contributed by atoms with Gasteiger partial charge < -0.3 is 5.11 Å². The van der Waals surface area contributed by atoms with Gasteiger partial charge in [-0.3, -0.25) is 0 Å². The number of aromatic nitrogens is 1. The van der Waals surface area contributed by atoms with Crippen LogP contribution in [0.4, 0.5) is 0 Å². The van der Waals surface area contributed by atoms with E-state index in [1.54, 1.807) is 36.4 Å². The van der Waals surface area contributed by atoms with Crippen molar-refractivity contribution in [3.63, 3.8) is 0 Å². The first-order chi connectivity index (χ1) is 12.8. The van der Waals surface area contributed by atoms with Crippen LogP contribution in [0.1, 0.15) is 19.8 Å². The van der Waals surface area contributed by atoms with Gasteiger partial charge in [-0.05, 0) is 30.3 Å². The Hall–Kier alpha value is -1.11. The first kappa shape index (κ1) is 20.6. The van der Waals surface area contributed by atoms with E-state index in [1.807, 2.05) is 12.1 Å². The predicted molar refractivity (Wildman–Crippen MR) is 118 cm³/mol. The molecule has 1 heterocycles. The van der Waals surface area contributed by atoms with Crippen LogP contribution >= 0.6 is 66.7 Å². The van der Waals surface area contributed by atoms with Crippen LogP contribution in [0.3, 0.4) is 0 Å². The number of carboxylic acid groups (broad SMARTS) is 1. The van der Waals surface area contributed by atoms with Crippen molar-refractivity contribution in [3.05, 3.63) is 74.9 Å². The second kappa shape index (κ2) is 8.50. The second-order valence-electron chi connectivity index (χ2n) is 5.55. The Balaban J connectivity index is 2.36. The molecule has 0 spiro atoms. The van der Waals surface area contributed by atoms with E-state index in [9.17, 15) is 9.90 Å². The molecule has 0 radical (unpaired) electrons. The van der Waals surface area contributed by atoms with E-state index in [2.05, 4.69) is 36.8 Å². The first-order valence-corrected chi connectivity index (χ1v) is 10.5. The van der Waals surface area contributed by atoms with Gasteiger partial charge in [0.1, 0.15) is 3.74 Å². The lowest BCUT2D eigenvalue weighted by atomic mass is 9.96. The lowest BCUT2D eigenvalue weighted by molar-refractivity contribution is 0.0695. The maximum absolute atomic E-state index is 11.8. The van der Waals surface area contributed by atoms with E-state index < -0.39 is 9.71 Å². The molecule has 1 N–H and O–H groups in total. The van der Waals surface area contributed by atoms with Crippen LogP contribution in [0.25, 0.3) is 22.4 Å². The number of aromatic carboxylic acids is 1. The average Bonchev–Trinajstić information content (AvgIpc) is 2.61. The topological polar surface area (TPSA) is 50.2 Å². The zero-order valence-electron chi connectivity index (χ0n) is 13.4. The number of hydrogen-bond donors (Lipinski definition) is 1. The molecule has 27 heavy (non-hydrogen) atoms. The fraction of sp³-hybridized carbons (Fsp3) is 0.0526. The summed E-state index contributed by atoms with van der Waals surface area (Å²) in [4.78, 5) is 16.4. The van der Waals surface area contributed by atoms with Crippen LogP contribution in [-0.2, 0) is 0 Å². The van der Waals surface area contributed by atoms with Gasteiger partial charge in [0.05, 0.1) is 17.0 Å². The Bertz CT molecular complexity index is 1020. The standard InChI is InChI=1S/C19H10Br2Cl3NO2/c20-18(21)17-14(19(26)27)8-13(12-6-5-11(23)7-15(12)24)16(25-17)9-1-3-10(22)4-2-9/h1-8,18H,(H,26,27). The monoisotopic (exact) mass is 547 g/mol. The van der Waals surface area contributed by atoms with Crippen LogP contribution in [-0.4, -0.2) is 16.1 Å².